The van der Waals surface area contributed by atoms with E-state index in [2.05, 4.69) is 175 Å². The van der Waals surface area contributed by atoms with Crippen LogP contribution in [0.25, 0.3) is 0 Å². The van der Waals surface area contributed by atoms with Gasteiger partial charge in [0.1, 0.15) is 0 Å². The Morgan fingerprint density at radius 3 is 1.03 bits per heavy atom. The van der Waals surface area contributed by atoms with E-state index in [0.29, 0.717) is 41.2 Å². The van der Waals surface area contributed by atoms with E-state index < -0.39 is 162 Å². The molecule has 0 amide bonds. The first-order valence-corrected chi connectivity index (χ1v) is 111. The van der Waals surface area contributed by atoms with E-state index in [-0.39, 0.29) is 104 Å². The molecule has 2 aromatic carbocycles. The molecule has 22 nitrogen and oxygen atoms in total. The van der Waals surface area contributed by atoms with E-state index in [1.807, 2.05) is 69.9 Å². The summed E-state index contributed by atoms with van der Waals surface area (Å²) in [5.41, 5.74) is 27.8. The van der Waals surface area contributed by atoms with Crippen LogP contribution in [0.4, 0.5) is 0 Å². The van der Waals surface area contributed by atoms with Gasteiger partial charge in [0.2, 0.25) is 0 Å². The summed E-state index contributed by atoms with van der Waals surface area (Å²) in [5, 5.41) is 49.8. The third-order valence-corrected chi connectivity index (χ3v) is 82.8. The minimum atomic E-state index is -0.962. The average Bonchev–Trinajstić information content (AvgIpc) is 0.882. The molecule has 5 N–H and O–H groups in total. The van der Waals surface area contributed by atoms with Crippen molar-refractivity contribution in [2.24, 2.45) is 0 Å². The van der Waals surface area contributed by atoms with Gasteiger partial charge >= 0.3 is 949 Å². The SMILES string of the molecule is CC(=O)OCC(CS[As](C)C)OC(=O)c1ccccc1.CC(=O)OCC(CS[As](C)C)OC(C)=O.CC(Cl)C(=O)OCC(CS[As](C)C)OC(=O)C(Cl)c1ccccc1.CCC(O)CS[As](C(C)C)C(C)C.CCC(O)CS[As](C)C.CCC(O)CS[As](CC)CC.CCC(S[As](C)C)C(=O)O.CCCCCCCCC(=O)OCC(CS[As](C)C)OC(=O)CCCCCCCC.CCC[As](CCC)SCC(O)CC. The van der Waals surface area contributed by atoms with Crippen LogP contribution in [0.5, 0.6) is 0 Å². The predicted octanol–water partition coefficient (Wildman–Crippen LogP) is 27.9. The maximum absolute atomic E-state index is 12.3. The molecule has 2 aromatic rings. The first-order chi connectivity index (χ1) is 67.9. The summed E-state index contributed by atoms with van der Waals surface area (Å²) in [7, 11) is 17.1. The Morgan fingerprint density at radius 2 is 0.688 bits per heavy atom. The molecule has 0 heterocycles. The van der Waals surface area contributed by atoms with Gasteiger partial charge in [0.05, 0.1) is 0 Å². The number of carboxylic acid groups (broad SMARTS) is 1. The molecule has 0 saturated heterocycles. The number of hydrogen-bond acceptors (Lipinski definition) is 30. The molecule has 0 spiro atoms. The Balaban J connectivity index is -0.000000301. The Bertz CT molecular complexity index is 3330. The topological polar surface area (TPSA) is 329 Å². The van der Waals surface area contributed by atoms with Crippen molar-refractivity contribution in [2.75, 3.05) is 72.5 Å². The molecule has 42 heteroatoms. The number of esters is 8. The summed E-state index contributed by atoms with van der Waals surface area (Å²) in [6, 6.07) is 17.8. The van der Waals surface area contributed by atoms with Gasteiger partial charge in [-0.3, -0.25) is 0 Å². The molecule has 848 valence electrons. The first kappa shape index (κ1) is 159. The van der Waals surface area contributed by atoms with Crippen molar-refractivity contribution < 1.29 is 107 Å². The second kappa shape index (κ2) is 111. The standard InChI is InChI=1S/C23H45AsO4S.C16H21AsCl2O4S.C14H19AsO4S.2C10H23AsOS.C9H17AsO4S.C8H19AsOS.C6H13AsO2S.C6H15AsOS/c1-5-7-9-11-13-15-17-22(25)27-19-21(20-29-24(3)4)28-23(26)18-16-14-12-10-8-6-2;1-11(18)15(20)22-9-13(10-24-17(2)3)23-16(21)14(19)12-7-5-4-6-8-12;1-11(16)18-9-13(10-20-15(2)3)19-14(17)12-7-5-4-6-8-12;1-6-10(12)7-13-11(8(2)3)9(4)5;1-4-7-11(8-5-2)13-9-10(12)6-3;1-7(11)13-5-9(14-8(2)12)6-15-10(3)4;1-4-8(10)7-11-9(5-2)6-3;1-4-5(6(8)9)10-7(2)3;1-4-6(8)5-9-7(2)3/h21H,5-20H2,1-4H3;4-8,11,13-14H,9-10H2,1-3H3;4-8,13H,9-10H2,1-3H3;8-10,12H,6-7H2,1-5H3;10,12H,4-9H2,1-3H3;9H,5-6H2,1-4H3;8,10H,4-7H2,1-3H3;5H,4H2,1-3H3,(H,8,9);6,8H,4-5H2,1-3H3. The Hall–Kier alpha value is 2.27. The molecule has 0 aliphatic carbocycles. The zero-order chi connectivity index (χ0) is 111. The molecule has 0 saturated carbocycles. The molecule has 0 aliphatic rings. The van der Waals surface area contributed by atoms with Crippen molar-refractivity contribution in [3.05, 3.63) is 71.8 Å². The van der Waals surface area contributed by atoms with Gasteiger partial charge < -0.3 is 0 Å². The number of unbranched alkanes of at least 4 members (excludes halogenated alkanes) is 10. The predicted molar refractivity (Wildman–Crippen MR) is 650 cm³/mol. The van der Waals surface area contributed by atoms with Gasteiger partial charge in [0, 0.05) is 0 Å². The number of aliphatic hydroxyl groups is 4. The number of alkyl halides is 2. The van der Waals surface area contributed by atoms with Gasteiger partial charge in [-0.25, -0.2) is 0 Å². The number of carboxylic acids is 1. The Kier molecular flexibility index (Phi) is 122. The summed E-state index contributed by atoms with van der Waals surface area (Å²) in [5.74, 6) is 3.06. The van der Waals surface area contributed by atoms with Crippen LogP contribution in [0.3, 0.4) is 0 Å². The summed E-state index contributed by atoms with van der Waals surface area (Å²) in [4.78, 5) is 103. The monoisotopic (exact) mass is 2800 g/mol. The van der Waals surface area contributed by atoms with E-state index in [1.54, 1.807) is 78.6 Å². The van der Waals surface area contributed by atoms with Crippen LogP contribution < -0.4 is 0 Å². The molecule has 11 atom stereocenters. The van der Waals surface area contributed by atoms with E-state index in [0.717, 1.165) is 96.0 Å². The van der Waals surface area contributed by atoms with E-state index >= 15 is 0 Å². The van der Waals surface area contributed by atoms with E-state index in [9.17, 15) is 58.5 Å². The van der Waals surface area contributed by atoms with Crippen LogP contribution in [0.15, 0.2) is 60.7 Å². The van der Waals surface area contributed by atoms with E-state index in [4.69, 9.17) is 71.3 Å². The van der Waals surface area contributed by atoms with Crippen molar-refractivity contribution in [1.29, 1.82) is 0 Å². The van der Waals surface area contributed by atoms with Crippen LogP contribution in [0, 0.1) is 0 Å². The van der Waals surface area contributed by atoms with Crippen molar-refractivity contribution in [1.82, 2.24) is 0 Å². The van der Waals surface area contributed by atoms with Crippen molar-refractivity contribution >= 4 is 289 Å². The van der Waals surface area contributed by atoms with Gasteiger partial charge in [0.15, 0.2) is 0 Å². The van der Waals surface area contributed by atoms with Gasteiger partial charge in [-0.15, -0.1) is 0 Å². The van der Waals surface area contributed by atoms with Gasteiger partial charge in [-0.05, 0) is 0 Å². The molecule has 0 aliphatic heterocycles. The number of ether oxygens (including phenoxy) is 8. The third kappa shape index (κ3) is 112. The zero-order valence-corrected chi connectivity index (χ0v) is 119. The molecule has 11 unspecified atom stereocenters. The molecule has 0 aromatic heterocycles. The summed E-state index contributed by atoms with van der Waals surface area (Å²) in [6.07, 6.45) is 20.0. The molecule has 0 bridgehead atoms. The summed E-state index contributed by atoms with van der Waals surface area (Å²) in [6.45, 7) is 38.9. The van der Waals surface area contributed by atoms with Crippen molar-refractivity contribution in [3.63, 3.8) is 0 Å². The molecular formula is C102H195As9Cl2O22S9. The van der Waals surface area contributed by atoms with Crippen LogP contribution >= 0.6 is 113 Å². The first-order valence-electron chi connectivity index (χ1n) is 50.6. The third-order valence-electron chi connectivity index (χ3n) is 18.5. The number of aliphatic carboxylic acids is 1. The fraction of sp³-hybridized carbons (Fsp3) is 0.794. The number of carbonyl (C=O) groups excluding carboxylic acids is 8. The van der Waals surface area contributed by atoms with Crippen LogP contribution in [-0.4, -0.2) is 333 Å². The van der Waals surface area contributed by atoms with Crippen LogP contribution in [0.1, 0.15) is 288 Å². The molecule has 0 fully saturated rings. The number of rotatable bonds is 70. The Morgan fingerprint density at radius 1 is 0.347 bits per heavy atom. The second-order valence-corrected chi connectivity index (χ2v) is 121. The molecule has 2 rings (SSSR count). The number of hydrogen-bond donors (Lipinski definition) is 5. The summed E-state index contributed by atoms with van der Waals surface area (Å²) < 4.78 is 43.6. The molecule has 144 heavy (non-hydrogen) atoms. The number of aliphatic hydroxyl groups excluding tert-OH is 4. The van der Waals surface area contributed by atoms with Gasteiger partial charge in [-0.2, -0.15) is 0 Å². The fourth-order valence-electron chi connectivity index (χ4n) is 10.6. The summed E-state index contributed by atoms with van der Waals surface area (Å²) >= 11 is 5.04. The number of halogens is 2. The van der Waals surface area contributed by atoms with Crippen LogP contribution in [-0.2, 0) is 76.3 Å². The molecular weight excluding hydrogens is 2610 g/mol. The normalized spacial score (nSPS) is 13.3. The van der Waals surface area contributed by atoms with Crippen molar-refractivity contribution in [2.45, 2.75) is 430 Å². The number of benzene rings is 2. The fourth-order valence-corrected chi connectivity index (χ4v) is 59.8. The maximum atomic E-state index is 12.3. The minimum absolute atomic E-state index is 0.0186. The number of carbonyl (C=O) groups is 9. The second-order valence-electron chi connectivity index (χ2n) is 34.6. The molecule has 0 radical (unpaired) electrons. The Labute approximate surface area is 957 Å². The zero-order valence-electron chi connectivity index (χ0n) is 93.6. The quantitative estimate of drug-likeness (QED) is 0.0135. The van der Waals surface area contributed by atoms with Gasteiger partial charge in [-0.1, -0.05) is 20.3 Å². The van der Waals surface area contributed by atoms with Crippen LogP contribution in [0.2, 0.25) is 98.8 Å². The van der Waals surface area contributed by atoms with Crippen molar-refractivity contribution in [3.8, 4) is 0 Å². The van der Waals surface area contributed by atoms with Gasteiger partial charge in [0.25, 0.3) is 0 Å². The average molecular weight is 2810 g/mol. The van der Waals surface area contributed by atoms with E-state index in [1.165, 1.54) is 113 Å².